The first-order valence-corrected chi connectivity index (χ1v) is 8.61. The van der Waals surface area contributed by atoms with Gasteiger partial charge in [0.2, 0.25) is 5.91 Å². The van der Waals surface area contributed by atoms with Crippen LogP contribution >= 0.6 is 0 Å². The first-order chi connectivity index (χ1) is 12.9. The number of aromatic carboxylic acids is 1. The van der Waals surface area contributed by atoms with Crippen molar-refractivity contribution in [3.05, 3.63) is 53.6 Å². The van der Waals surface area contributed by atoms with Crippen molar-refractivity contribution in [2.75, 3.05) is 16.8 Å². The topological polar surface area (TPSA) is 95.9 Å². The van der Waals surface area contributed by atoms with E-state index in [0.717, 1.165) is 4.90 Å². The van der Waals surface area contributed by atoms with Gasteiger partial charge in [0.1, 0.15) is 11.8 Å². The Morgan fingerprint density at radius 2 is 2.00 bits per heavy atom. The number of hydrogen-bond donors (Lipinski definition) is 2. The van der Waals surface area contributed by atoms with Crippen LogP contribution in [0.1, 0.15) is 29.3 Å². The minimum absolute atomic E-state index is 0.0178. The van der Waals surface area contributed by atoms with Crippen molar-refractivity contribution in [3.8, 4) is 5.75 Å². The Balaban J connectivity index is 1.88. The number of ether oxygens (including phenoxy) is 1. The second-order valence-corrected chi connectivity index (χ2v) is 6.20. The molecule has 2 N–H and O–H groups in total. The van der Waals surface area contributed by atoms with E-state index in [1.807, 2.05) is 19.1 Å². The van der Waals surface area contributed by atoms with Gasteiger partial charge in [-0.15, -0.1) is 0 Å². The summed E-state index contributed by atoms with van der Waals surface area (Å²) in [4.78, 5) is 37.7. The molecule has 0 aromatic heterocycles. The molecular weight excluding hydrogens is 348 g/mol. The van der Waals surface area contributed by atoms with E-state index in [1.54, 1.807) is 25.1 Å². The number of aryl methyl sites for hydroxylation is 1. The predicted octanol–water partition coefficient (Wildman–Crippen LogP) is 2.84. The molecule has 0 spiro atoms. The van der Waals surface area contributed by atoms with E-state index in [9.17, 15) is 19.5 Å². The average molecular weight is 368 g/mol. The van der Waals surface area contributed by atoms with Crippen molar-refractivity contribution >= 4 is 29.2 Å². The lowest BCUT2D eigenvalue weighted by Crippen LogP contribution is -2.35. The number of carbonyl (C=O) groups excluding carboxylic acids is 2. The van der Waals surface area contributed by atoms with Gasteiger partial charge >= 0.3 is 5.97 Å². The third-order valence-electron chi connectivity index (χ3n) is 4.36. The summed E-state index contributed by atoms with van der Waals surface area (Å²) in [6, 6.07) is 10.8. The number of hydrogen-bond acceptors (Lipinski definition) is 5. The zero-order valence-corrected chi connectivity index (χ0v) is 15.1. The Kier molecular flexibility index (Phi) is 5.12. The number of nitrogens with zero attached hydrogens (tertiary/aromatic N) is 1. The van der Waals surface area contributed by atoms with Gasteiger partial charge in [0, 0.05) is 0 Å². The van der Waals surface area contributed by atoms with Crippen molar-refractivity contribution in [2.24, 2.45) is 0 Å². The molecule has 1 aliphatic rings. The molecule has 0 saturated carbocycles. The molecule has 2 aromatic carbocycles. The molecule has 1 heterocycles. The Morgan fingerprint density at radius 1 is 1.26 bits per heavy atom. The zero-order valence-electron chi connectivity index (χ0n) is 15.1. The first-order valence-electron chi connectivity index (χ1n) is 8.61. The third-order valence-corrected chi connectivity index (χ3v) is 4.36. The maximum Gasteiger partial charge on any atom is 0.335 e. The Labute approximate surface area is 156 Å². The molecule has 1 unspecified atom stereocenters. The number of amides is 2. The van der Waals surface area contributed by atoms with Crippen molar-refractivity contribution in [1.82, 2.24) is 0 Å². The molecular formula is C20H20N2O5. The Bertz CT molecular complexity index is 909. The number of rotatable bonds is 6. The van der Waals surface area contributed by atoms with Crippen LogP contribution in [0.3, 0.4) is 0 Å². The number of carboxylic acids is 1. The zero-order chi connectivity index (χ0) is 19.6. The van der Waals surface area contributed by atoms with Gasteiger partial charge in [-0.1, -0.05) is 18.2 Å². The number of para-hydroxylation sites is 2. The maximum absolute atomic E-state index is 12.9. The van der Waals surface area contributed by atoms with Gasteiger partial charge < -0.3 is 15.2 Å². The van der Waals surface area contributed by atoms with E-state index >= 15 is 0 Å². The standard InChI is InChI=1S/C20H20N2O5/c1-3-27-17-7-5-4-6-14(17)21-15-11-18(23)22(19(15)24)16-10-13(20(25)26)9-8-12(16)2/h4-10,15,21H,3,11H2,1-2H3,(H,25,26). The smallest absolute Gasteiger partial charge is 0.335 e. The lowest BCUT2D eigenvalue weighted by Gasteiger charge is -2.19. The average Bonchev–Trinajstić information content (AvgIpc) is 2.91. The summed E-state index contributed by atoms with van der Waals surface area (Å²) in [6.07, 6.45) is -0.0178. The number of anilines is 2. The molecule has 7 heteroatoms. The fourth-order valence-corrected chi connectivity index (χ4v) is 3.04. The minimum Gasteiger partial charge on any atom is -0.492 e. The number of benzene rings is 2. The summed E-state index contributed by atoms with van der Waals surface area (Å²) >= 11 is 0. The van der Waals surface area contributed by atoms with E-state index in [1.165, 1.54) is 12.1 Å². The molecule has 1 aliphatic heterocycles. The lowest BCUT2D eigenvalue weighted by atomic mass is 10.1. The van der Waals surface area contributed by atoms with Gasteiger partial charge in [0.15, 0.2) is 0 Å². The van der Waals surface area contributed by atoms with E-state index in [0.29, 0.717) is 29.3 Å². The molecule has 27 heavy (non-hydrogen) atoms. The van der Waals surface area contributed by atoms with Gasteiger partial charge in [0.25, 0.3) is 5.91 Å². The highest BCUT2D eigenvalue weighted by molar-refractivity contribution is 6.23. The molecule has 2 amide bonds. The van der Waals surface area contributed by atoms with Crippen molar-refractivity contribution < 1.29 is 24.2 Å². The number of imide groups is 1. The van der Waals surface area contributed by atoms with Gasteiger partial charge in [0.05, 0.1) is 30.0 Å². The largest absolute Gasteiger partial charge is 0.492 e. The summed E-state index contributed by atoms with van der Waals surface area (Å²) in [5.41, 5.74) is 1.60. The molecule has 1 atom stereocenters. The quantitative estimate of drug-likeness (QED) is 0.761. The highest BCUT2D eigenvalue weighted by atomic mass is 16.5. The first kappa shape index (κ1) is 18.4. The predicted molar refractivity (Wildman–Crippen MR) is 100 cm³/mol. The highest BCUT2D eigenvalue weighted by Crippen LogP contribution is 2.31. The van der Waals surface area contributed by atoms with Crippen LogP contribution in [0.2, 0.25) is 0 Å². The maximum atomic E-state index is 12.9. The molecule has 140 valence electrons. The van der Waals surface area contributed by atoms with E-state index in [4.69, 9.17) is 4.74 Å². The van der Waals surface area contributed by atoms with E-state index in [2.05, 4.69) is 5.32 Å². The fraction of sp³-hybridized carbons (Fsp3) is 0.250. The Morgan fingerprint density at radius 3 is 2.70 bits per heavy atom. The summed E-state index contributed by atoms with van der Waals surface area (Å²) in [5, 5.41) is 12.3. The summed E-state index contributed by atoms with van der Waals surface area (Å²) in [5.74, 6) is -1.31. The fourth-order valence-electron chi connectivity index (χ4n) is 3.04. The van der Waals surface area contributed by atoms with Crippen LogP contribution < -0.4 is 15.0 Å². The monoisotopic (exact) mass is 368 g/mol. The van der Waals surface area contributed by atoms with Gasteiger partial charge in [-0.05, 0) is 43.7 Å². The molecule has 7 nitrogen and oxygen atoms in total. The van der Waals surface area contributed by atoms with Crippen LogP contribution in [0.15, 0.2) is 42.5 Å². The molecule has 0 radical (unpaired) electrons. The van der Waals surface area contributed by atoms with E-state index < -0.39 is 17.9 Å². The second kappa shape index (κ2) is 7.49. The van der Waals surface area contributed by atoms with Crippen molar-refractivity contribution in [1.29, 1.82) is 0 Å². The normalized spacial score (nSPS) is 16.5. The van der Waals surface area contributed by atoms with Gasteiger partial charge in [-0.25, -0.2) is 9.69 Å². The summed E-state index contributed by atoms with van der Waals surface area (Å²) in [7, 11) is 0. The van der Waals surface area contributed by atoms with Crippen LogP contribution in [0.4, 0.5) is 11.4 Å². The molecule has 1 saturated heterocycles. The molecule has 0 aliphatic carbocycles. The van der Waals surface area contributed by atoms with Crippen LogP contribution in [0.5, 0.6) is 5.75 Å². The van der Waals surface area contributed by atoms with Crippen molar-refractivity contribution in [3.63, 3.8) is 0 Å². The highest BCUT2D eigenvalue weighted by Gasteiger charge is 2.40. The van der Waals surface area contributed by atoms with Crippen LogP contribution in [0, 0.1) is 6.92 Å². The Hall–Kier alpha value is -3.35. The minimum atomic E-state index is -1.12. The summed E-state index contributed by atoms with van der Waals surface area (Å²) < 4.78 is 5.54. The van der Waals surface area contributed by atoms with Crippen LogP contribution in [0.25, 0.3) is 0 Å². The second-order valence-electron chi connectivity index (χ2n) is 6.20. The van der Waals surface area contributed by atoms with Gasteiger partial charge in [-0.3, -0.25) is 9.59 Å². The number of nitrogens with one attached hydrogen (secondary N) is 1. The molecule has 0 bridgehead atoms. The molecule has 2 aromatic rings. The number of carboxylic acid groups (broad SMARTS) is 1. The SMILES string of the molecule is CCOc1ccccc1NC1CC(=O)N(c2cc(C(=O)O)ccc2C)C1=O. The van der Waals surface area contributed by atoms with E-state index in [-0.39, 0.29) is 17.9 Å². The molecule has 3 rings (SSSR count). The molecule has 1 fully saturated rings. The summed E-state index contributed by atoms with van der Waals surface area (Å²) in [6.45, 7) is 4.07. The lowest BCUT2D eigenvalue weighted by molar-refractivity contribution is -0.121. The van der Waals surface area contributed by atoms with Crippen LogP contribution in [-0.2, 0) is 9.59 Å². The van der Waals surface area contributed by atoms with Crippen LogP contribution in [-0.4, -0.2) is 35.5 Å². The number of carbonyl (C=O) groups is 3. The third kappa shape index (κ3) is 3.62. The van der Waals surface area contributed by atoms with Gasteiger partial charge in [-0.2, -0.15) is 0 Å². The van der Waals surface area contributed by atoms with Crippen molar-refractivity contribution in [2.45, 2.75) is 26.3 Å².